The van der Waals surface area contributed by atoms with Crippen molar-refractivity contribution in [3.8, 4) is 5.75 Å². The van der Waals surface area contributed by atoms with Crippen LogP contribution in [-0.2, 0) is 9.59 Å². The number of aryl methyl sites for hydroxylation is 1. The average molecular weight is 566 g/mol. The van der Waals surface area contributed by atoms with E-state index < -0.39 is 11.8 Å². The molecule has 0 radical (unpaired) electrons. The first-order valence-corrected chi connectivity index (χ1v) is 10.6. The van der Waals surface area contributed by atoms with E-state index in [2.05, 4.69) is 48.0 Å². The van der Waals surface area contributed by atoms with Crippen molar-refractivity contribution in [3.63, 3.8) is 0 Å². The van der Waals surface area contributed by atoms with Crippen LogP contribution < -0.4 is 20.9 Å². The van der Waals surface area contributed by atoms with Crippen LogP contribution in [0.3, 0.4) is 0 Å². The molecule has 3 N–H and O–H groups in total. The van der Waals surface area contributed by atoms with Gasteiger partial charge in [0.25, 0.3) is 5.91 Å². The SMILES string of the molecule is CC(=CC(=O)Nc1cc(Cl)ccc1Cl)NNC(=O)COc1cc(C)c(Br)cc1Br. The Hall–Kier alpha value is -1.74. The summed E-state index contributed by atoms with van der Waals surface area (Å²) in [5.41, 5.74) is 6.87. The number of carbonyl (C=O) groups excluding carboxylic acids is 2. The van der Waals surface area contributed by atoms with E-state index in [0.717, 1.165) is 14.5 Å². The maximum Gasteiger partial charge on any atom is 0.276 e. The molecule has 0 spiro atoms. The molecule has 0 aliphatic heterocycles. The molecular formula is C19H17Br2Cl2N3O3. The summed E-state index contributed by atoms with van der Waals surface area (Å²) in [6.45, 7) is 3.33. The monoisotopic (exact) mass is 563 g/mol. The largest absolute Gasteiger partial charge is 0.483 e. The molecule has 0 aromatic heterocycles. The lowest BCUT2D eigenvalue weighted by atomic mass is 10.2. The summed E-state index contributed by atoms with van der Waals surface area (Å²) < 4.78 is 7.16. The number of halogens is 4. The zero-order valence-corrected chi connectivity index (χ0v) is 20.1. The second-order valence-electron chi connectivity index (χ2n) is 5.93. The highest BCUT2D eigenvalue weighted by Crippen LogP contribution is 2.31. The first-order chi connectivity index (χ1) is 13.7. The quantitative estimate of drug-likeness (QED) is 0.312. The van der Waals surface area contributed by atoms with Crippen LogP contribution in [0.5, 0.6) is 5.75 Å². The number of rotatable bonds is 7. The summed E-state index contributed by atoms with van der Waals surface area (Å²) in [6, 6.07) is 8.40. The third-order valence-electron chi connectivity index (χ3n) is 3.50. The number of hydrogen-bond acceptors (Lipinski definition) is 4. The second kappa shape index (κ2) is 10.9. The third-order valence-corrected chi connectivity index (χ3v) is 5.54. The summed E-state index contributed by atoms with van der Waals surface area (Å²) in [6.07, 6.45) is 1.27. The molecule has 0 bridgehead atoms. The van der Waals surface area contributed by atoms with Gasteiger partial charge < -0.3 is 15.5 Å². The van der Waals surface area contributed by atoms with Crippen LogP contribution in [0.2, 0.25) is 10.0 Å². The van der Waals surface area contributed by atoms with E-state index in [4.69, 9.17) is 27.9 Å². The van der Waals surface area contributed by atoms with Crippen molar-refractivity contribution >= 4 is 72.6 Å². The van der Waals surface area contributed by atoms with Crippen LogP contribution in [0, 0.1) is 6.92 Å². The lowest BCUT2D eigenvalue weighted by Gasteiger charge is -2.12. The Balaban J connectivity index is 1.84. The topological polar surface area (TPSA) is 79.5 Å². The van der Waals surface area contributed by atoms with Gasteiger partial charge in [-0.3, -0.25) is 15.0 Å². The fraction of sp³-hybridized carbons (Fsp3) is 0.158. The van der Waals surface area contributed by atoms with Crippen molar-refractivity contribution in [1.29, 1.82) is 0 Å². The summed E-state index contributed by atoms with van der Waals surface area (Å²) in [7, 11) is 0. The second-order valence-corrected chi connectivity index (χ2v) is 8.49. The fourth-order valence-electron chi connectivity index (χ4n) is 2.08. The van der Waals surface area contributed by atoms with Gasteiger partial charge in [0, 0.05) is 21.3 Å². The van der Waals surface area contributed by atoms with Crippen molar-refractivity contribution in [1.82, 2.24) is 10.9 Å². The molecule has 0 aliphatic carbocycles. The van der Waals surface area contributed by atoms with E-state index in [1.54, 1.807) is 25.1 Å². The minimum absolute atomic E-state index is 0.204. The summed E-state index contributed by atoms with van der Waals surface area (Å²) in [5, 5.41) is 3.42. The number of carbonyl (C=O) groups is 2. The Morgan fingerprint density at radius 1 is 1.10 bits per heavy atom. The number of amides is 2. The van der Waals surface area contributed by atoms with E-state index in [1.165, 1.54) is 6.08 Å². The van der Waals surface area contributed by atoms with E-state index >= 15 is 0 Å². The molecule has 0 heterocycles. The van der Waals surface area contributed by atoms with Crippen LogP contribution in [0.4, 0.5) is 5.69 Å². The minimum Gasteiger partial charge on any atom is -0.483 e. The normalized spacial score (nSPS) is 11.0. The van der Waals surface area contributed by atoms with Crippen molar-refractivity contribution in [2.24, 2.45) is 0 Å². The van der Waals surface area contributed by atoms with Gasteiger partial charge in [0.15, 0.2) is 6.61 Å². The molecule has 2 amide bonds. The number of hydrazine groups is 1. The molecule has 6 nitrogen and oxygen atoms in total. The molecule has 2 rings (SSSR count). The maximum atomic E-state index is 12.1. The number of benzene rings is 2. The number of nitrogens with one attached hydrogen (secondary N) is 3. The molecule has 0 aliphatic rings. The average Bonchev–Trinajstić information content (AvgIpc) is 2.64. The molecule has 0 fully saturated rings. The van der Waals surface area contributed by atoms with Gasteiger partial charge in [0.05, 0.1) is 15.2 Å². The lowest BCUT2D eigenvalue weighted by Crippen LogP contribution is -2.39. The Bertz CT molecular complexity index is 968. The number of ether oxygens (including phenoxy) is 1. The third kappa shape index (κ3) is 7.54. The van der Waals surface area contributed by atoms with Crippen molar-refractivity contribution in [2.75, 3.05) is 11.9 Å². The highest BCUT2D eigenvalue weighted by atomic mass is 79.9. The molecule has 0 saturated heterocycles. The summed E-state index contributed by atoms with van der Waals surface area (Å²) in [5.74, 6) is -0.298. The number of hydrogen-bond donors (Lipinski definition) is 3. The van der Waals surface area contributed by atoms with Gasteiger partial charge in [0.2, 0.25) is 5.91 Å². The Morgan fingerprint density at radius 3 is 2.55 bits per heavy atom. The predicted molar refractivity (Wildman–Crippen MR) is 122 cm³/mol. The zero-order valence-electron chi connectivity index (χ0n) is 15.4. The van der Waals surface area contributed by atoms with Gasteiger partial charge in [-0.15, -0.1) is 0 Å². The molecule has 10 heteroatoms. The summed E-state index contributed by atoms with van der Waals surface area (Å²) >= 11 is 18.7. The zero-order chi connectivity index (χ0) is 21.6. The van der Waals surface area contributed by atoms with Crippen LogP contribution >= 0.6 is 55.1 Å². The van der Waals surface area contributed by atoms with Gasteiger partial charge in [0.1, 0.15) is 5.75 Å². The van der Waals surface area contributed by atoms with E-state index in [1.807, 2.05) is 19.1 Å². The number of anilines is 1. The van der Waals surface area contributed by atoms with Crippen LogP contribution in [0.15, 0.2) is 51.1 Å². The molecule has 0 saturated carbocycles. The van der Waals surface area contributed by atoms with Gasteiger partial charge in [-0.1, -0.05) is 39.1 Å². The lowest BCUT2D eigenvalue weighted by molar-refractivity contribution is -0.124. The first-order valence-electron chi connectivity index (χ1n) is 8.23. The van der Waals surface area contributed by atoms with Gasteiger partial charge in [-0.05, 0) is 65.7 Å². The van der Waals surface area contributed by atoms with Gasteiger partial charge in [-0.2, -0.15) is 0 Å². The molecule has 2 aromatic carbocycles. The highest BCUT2D eigenvalue weighted by molar-refractivity contribution is 9.11. The first kappa shape index (κ1) is 23.5. The van der Waals surface area contributed by atoms with Crippen LogP contribution in [-0.4, -0.2) is 18.4 Å². The molecular weight excluding hydrogens is 549 g/mol. The predicted octanol–water partition coefficient (Wildman–Crippen LogP) is 5.37. The Morgan fingerprint density at radius 2 is 1.83 bits per heavy atom. The standard InChI is InChI=1S/C19H17Br2Cl2N3O3/c1-10-5-17(14(21)8-13(10)20)29-9-19(28)26-25-11(2)6-18(27)24-16-7-12(22)3-4-15(16)23/h3-8,25H,9H2,1-2H3,(H,24,27)(H,26,28). The van der Waals surface area contributed by atoms with Crippen molar-refractivity contribution < 1.29 is 14.3 Å². The van der Waals surface area contributed by atoms with Gasteiger partial charge >= 0.3 is 0 Å². The van der Waals surface area contributed by atoms with E-state index in [9.17, 15) is 9.59 Å². The molecule has 154 valence electrons. The smallest absolute Gasteiger partial charge is 0.276 e. The molecule has 2 aromatic rings. The van der Waals surface area contributed by atoms with Crippen LogP contribution in [0.1, 0.15) is 12.5 Å². The maximum absolute atomic E-state index is 12.1. The Kier molecular flexibility index (Phi) is 8.82. The van der Waals surface area contributed by atoms with Crippen molar-refractivity contribution in [3.05, 3.63) is 66.7 Å². The fourth-order valence-corrected chi connectivity index (χ4v) is 3.53. The van der Waals surface area contributed by atoms with Crippen LogP contribution in [0.25, 0.3) is 0 Å². The summed E-state index contributed by atoms with van der Waals surface area (Å²) in [4.78, 5) is 24.0. The highest BCUT2D eigenvalue weighted by Gasteiger charge is 2.09. The minimum atomic E-state index is -0.432. The Labute approximate surface area is 195 Å². The van der Waals surface area contributed by atoms with Crippen molar-refractivity contribution in [2.45, 2.75) is 13.8 Å². The van der Waals surface area contributed by atoms with E-state index in [0.29, 0.717) is 27.2 Å². The number of allylic oxidation sites excluding steroid dienone is 1. The molecule has 29 heavy (non-hydrogen) atoms. The van der Waals surface area contributed by atoms with Gasteiger partial charge in [-0.25, -0.2) is 0 Å². The van der Waals surface area contributed by atoms with E-state index in [-0.39, 0.29) is 6.61 Å². The molecule has 0 atom stereocenters. The molecule has 0 unspecified atom stereocenters.